The molecule has 7 nitrogen and oxygen atoms in total. The maximum absolute atomic E-state index is 12.9. The van der Waals surface area contributed by atoms with E-state index in [4.69, 9.17) is 9.97 Å². The summed E-state index contributed by atoms with van der Waals surface area (Å²) >= 11 is 1.44. The van der Waals surface area contributed by atoms with Crippen LogP contribution in [0.15, 0.2) is 59.6 Å². The molecule has 0 radical (unpaired) electrons. The van der Waals surface area contributed by atoms with Crippen LogP contribution in [-0.4, -0.2) is 65.4 Å². The lowest BCUT2D eigenvalue weighted by Crippen LogP contribution is -2.51. The molecular weight excluding hydrogens is 456 g/mol. The number of para-hydroxylation sites is 1. The summed E-state index contributed by atoms with van der Waals surface area (Å²) in [5, 5.41) is 1.82. The third-order valence-corrected chi connectivity index (χ3v) is 8.86. The molecule has 2 fully saturated rings. The Hall–Kier alpha value is -2.49. The number of thioether (sulfide) groups is 1. The largest absolute Gasteiger partial charge is 0.339 e. The molecular formula is C24H26N4O3S2. The zero-order valence-corrected chi connectivity index (χ0v) is 19.9. The van der Waals surface area contributed by atoms with E-state index in [2.05, 4.69) is 0 Å². The maximum atomic E-state index is 12.9. The van der Waals surface area contributed by atoms with E-state index in [1.165, 1.54) is 16.1 Å². The van der Waals surface area contributed by atoms with Crippen molar-refractivity contribution >= 4 is 38.6 Å². The first-order chi connectivity index (χ1) is 16.0. The molecule has 1 aromatic heterocycles. The van der Waals surface area contributed by atoms with Gasteiger partial charge in [-0.3, -0.25) is 4.79 Å². The van der Waals surface area contributed by atoms with Crippen molar-refractivity contribution in [3.63, 3.8) is 0 Å². The highest BCUT2D eigenvalue weighted by Gasteiger charge is 2.30. The number of benzene rings is 2. The molecule has 1 saturated carbocycles. The molecule has 0 atom stereocenters. The molecule has 1 amide bonds. The van der Waals surface area contributed by atoms with Gasteiger partial charge in [-0.15, -0.1) is 0 Å². The SMILES string of the molecule is O=C(CSc1nc(C2CC2)nc2ccccc12)N1CCN(S(=O)(=O)Cc2ccccc2)CC1. The first-order valence-electron chi connectivity index (χ1n) is 11.2. The van der Waals surface area contributed by atoms with Gasteiger partial charge in [-0.25, -0.2) is 18.4 Å². The summed E-state index contributed by atoms with van der Waals surface area (Å²) in [6.07, 6.45) is 2.25. The van der Waals surface area contributed by atoms with Crippen LogP contribution in [0.1, 0.15) is 30.1 Å². The van der Waals surface area contributed by atoms with Crippen molar-refractivity contribution in [2.45, 2.75) is 29.5 Å². The van der Waals surface area contributed by atoms with E-state index in [9.17, 15) is 13.2 Å². The molecule has 1 aliphatic carbocycles. The molecule has 2 heterocycles. The summed E-state index contributed by atoms with van der Waals surface area (Å²) in [7, 11) is -3.40. The molecule has 1 aliphatic heterocycles. The predicted molar refractivity (Wildman–Crippen MR) is 129 cm³/mol. The quantitative estimate of drug-likeness (QED) is 0.380. The van der Waals surface area contributed by atoms with Crippen LogP contribution in [-0.2, 0) is 20.6 Å². The van der Waals surface area contributed by atoms with Crippen molar-refractivity contribution in [1.29, 1.82) is 0 Å². The molecule has 9 heteroatoms. The third-order valence-electron chi connectivity index (χ3n) is 6.04. The van der Waals surface area contributed by atoms with Gasteiger partial charge in [0, 0.05) is 37.5 Å². The number of carbonyl (C=O) groups is 1. The zero-order chi connectivity index (χ0) is 22.8. The molecule has 0 spiro atoms. The minimum absolute atomic E-state index is 0.00997. The number of aromatic nitrogens is 2. The van der Waals surface area contributed by atoms with E-state index in [0.717, 1.165) is 40.2 Å². The first kappa shape index (κ1) is 22.3. The Bertz CT molecular complexity index is 1260. The second kappa shape index (κ2) is 9.40. The molecule has 2 aromatic carbocycles. The van der Waals surface area contributed by atoms with Gasteiger partial charge in [0.2, 0.25) is 15.9 Å². The number of sulfonamides is 1. The van der Waals surface area contributed by atoms with Gasteiger partial charge in [-0.1, -0.05) is 60.3 Å². The summed E-state index contributed by atoms with van der Waals surface area (Å²) < 4.78 is 27.0. The lowest BCUT2D eigenvalue weighted by molar-refractivity contribution is -0.129. The minimum Gasteiger partial charge on any atom is -0.339 e. The normalized spacial score (nSPS) is 17.4. The fourth-order valence-electron chi connectivity index (χ4n) is 4.01. The Morgan fingerprint density at radius 3 is 2.36 bits per heavy atom. The number of hydrogen-bond acceptors (Lipinski definition) is 6. The van der Waals surface area contributed by atoms with E-state index >= 15 is 0 Å². The Morgan fingerprint density at radius 2 is 1.64 bits per heavy atom. The van der Waals surface area contributed by atoms with Crippen LogP contribution in [0, 0.1) is 0 Å². The van der Waals surface area contributed by atoms with Crippen LogP contribution in [0.3, 0.4) is 0 Å². The van der Waals surface area contributed by atoms with E-state index < -0.39 is 10.0 Å². The van der Waals surface area contributed by atoms with Crippen molar-refractivity contribution < 1.29 is 13.2 Å². The van der Waals surface area contributed by atoms with Gasteiger partial charge in [0.25, 0.3) is 0 Å². The van der Waals surface area contributed by atoms with Crippen LogP contribution in [0.5, 0.6) is 0 Å². The second-order valence-corrected chi connectivity index (χ2v) is 11.4. The smallest absolute Gasteiger partial charge is 0.233 e. The van der Waals surface area contributed by atoms with Gasteiger partial charge in [-0.2, -0.15) is 4.31 Å². The Labute approximate surface area is 198 Å². The summed E-state index contributed by atoms with van der Waals surface area (Å²) in [5.74, 6) is 1.59. The van der Waals surface area contributed by atoms with Crippen molar-refractivity contribution in [2.75, 3.05) is 31.9 Å². The molecule has 0 N–H and O–H groups in total. The van der Waals surface area contributed by atoms with E-state index in [-0.39, 0.29) is 17.4 Å². The van der Waals surface area contributed by atoms with Gasteiger partial charge in [0.05, 0.1) is 17.0 Å². The third kappa shape index (κ3) is 5.20. The average Bonchev–Trinajstić information content (AvgIpc) is 3.68. The summed E-state index contributed by atoms with van der Waals surface area (Å²) in [4.78, 5) is 24.1. The maximum Gasteiger partial charge on any atom is 0.233 e. The van der Waals surface area contributed by atoms with Gasteiger partial charge in [-0.05, 0) is 24.5 Å². The second-order valence-electron chi connectivity index (χ2n) is 8.49. The molecule has 2 aliphatic rings. The summed E-state index contributed by atoms with van der Waals surface area (Å²) in [6.45, 7) is 1.47. The molecule has 5 rings (SSSR count). The number of rotatable bonds is 7. The van der Waals surface area contributed by atoms with E-state index in [0.29, 0.717) is 32.1 Å². The van der Waals surface area contributed by atoms with Crippen LogP contribution in [0.25, 0.3) is 10.9 Å². The number of hydrogen-bond donors (Lipinski definition) is 0. The van der Waals surface area contributed by atoms with Crippen LogP contribution >= 0.6 is 11.8 Å². The lowest BCUT2D eigenvalue weighted by Gasteiger charge is -2.34. The molecule has 0 bridgehead atoms. The lowest BCUT2D eigenvalue weighted by atomic mass is 10.2. The van der Waals surface area contributed by atoms with Crippen molar-refractivity contribution in [1.82, 2.24) is 19.2 Å². The van der Waals surface area contributed by atoms with Crippen LogP contribution in [0.4, 0.5) is 0 Å². The molecule has 0 unspecified atom stereocenters. The number of nitrogens with zero attached hydrogens (tertiary/aromatic N) is 4. The first-order valence-corrected chi connectivity index (χ1v) is 13.8. The number of carbonyl (C=O) groups excluding carboxylic acids is 1. The van der Waals surface area contributed by atoms with Crippen LogP contribution in [0.2, 0.25) is 0 Å². The molecule has 33 heavy (non-hydrogen) atoms. The summed E-state index contributed by atoms with van der Waals surface area (Å²) in [6, 6.07) is 17.1. The fourth-order valence-corrected chi connectivity index (χ4v) is 6.46. The minimum atomic E-state index is -3.40. The average molecular weight is 483 g/mol. The van der Waals surface area contributed by atoms with Crippen molar-refractivity contribution in [3.05, 3.63) is 66.0 Å². The number of fused-ring (bicyclic) bond motifs is 1. The highest BCUT2D eigenvalue weighted by molar-refractivity contribution is 8.00. The summed E-state index contributed by atoms with van der Waals surface area (Å²) in [5.41, 5.74) is 1.69. The molecule has 3 aromatic rings. The van der Waals surface area contributed by atoms with Gasteiger partial charge < -0.3 is 4.90 Å². The standard InChI is InChI=1S/C24H26N4O3S2/c29-22(16-32-24-20-8-4-5-9-21(20)25-23(26-24)19-10-11-19)27-12-14-28(15-13-27)33(30,31)17-18-6-2-1-3-7-18/h1-9,19H,10-17H2. The predicted octanol–water partition coefficient (Wildman–Crippen LogP) is 3.27. The van der Waals surface area contributed by atoms with Gasteiger partial charge in [0.15, 0.2) is 0 Å². The Morgan fingerprint density at radius 1 is 0.939 bits per heavy atom. The van der Waals surface area contributed by atoms with Gasteiger partial charge >= 0.3 is 0 Å². The Kier molecular flexibility index (Phi) is 6.36. The highest BCUT2D eigenvalue weighted by Crippen LogP contribution is 2.39. The highest BCUT2D eigenvalue weighted by atomic mass is 32.2. The van der Waals surface area contributed by atoms with E-state index in [1.807, 2.05) is 54.6 Å². The zero-order valence-electron chi connectivity index (χ0n) is 18.3. The van der Waals surface area contributed by atoms with Crippen LogP contribution < -0.4 is 0 Å². The number of piperazine rings is 1. The van der Waals surface area contributed by atoms with Crippen molar-refractivity contribution in [3.8, 4) is 0 Å². The molecule has 1 saturated heterocycles. The number of amides is 1. The monoisotopic (exact) mass is 482 g/mol. The topological polar surface area (TPSA) is 83.5 Å². The molecule has 172 valence electrons. The Balaban J connectivity index is 1.19. The van der Waals surface area contributed by atoms with E-state index in [1.54, 1.807) is 4.90 Å². The fraction of sp³-hybridized carbons (Fsp3) is 0.375. The van der Waals surface area contributed by atoms with Crippen molar-refractivity contribution in [2.24, 2.45) is 0 Å². The van der Waals surface area contributed by atoms with Gasteiger partial charge in [0.1, 0.15) is 10.9 Å².